The highest BCUT2D eigenvalue weighted by Gasteiger charge is 2.43. The van der Waals surface area contributed by atoms with Gasteiger partial charge in [-0.1, -0.05) is 19.3 Å². The van der Waals surface area contributed by atoms with Crippen LogP contribution in [0.2, 0.25) is 0 Å². The standard InChI is InChI=1S/C18H27BrN2O/c19-17-9-8-15(22-17)13-21-12-11-20-10-4-7-16(20)18(21)14-5-2-1-3-6-14/h8-9,14,16,18H,1-7,10-13H2/t16-,18-/m0/s1. The van der Waals surface area contributed by atoms with Crippen LogP contribution in [0.5, 0.6) is 0 Å². The number of rotatable bonds is 3. The summed E-state index contributed by atoms with van der Waals surface area (Å²) >= 11 is 3.44. The van der Waals surface area contributed by atoms with Crippen molar-refractivity contribution in [2.45, 2.75) is 63.6 Å². The molecule has 0 N–H and O–H groups in total. The summed E-state index contributed by atoms with van der Waals surface area (Å²) in [4.78, 5) is 5.52. The summed E-state index contributed by atoms with van der Waals surface area (Å²) < 4.78 is 6.65. The van der Waals surface area contributed by atoms with Crippen molar-refractivity contribution in [2.24, 2.45) is 5.92 Å². The number of fused-ring (bicyclic) bond motifs is 1. The van der Waals surface area contributed by atoms with Gasteiger partial charge in [0.05, 0.1) is 6.54 Å². The zero-order chi connectivity index (χ0) is 14.9. The van der Waals surface area contributed by atoms with E-state index in [0.29, 0.717) is 0 Å². The first-order chi connectivity index (χ1) is 10.8. The average molecular weight is 367 g/mol. The molecular formula is C18H27BrN2O. The Morgan fingerprint density at radius 3 is 2.64 bits per heavy atom. The van der Waals surface area contributed by atoms with E-state index in [9.17, 15) is 0 Å². The summed E-state index contributed by atoms with van der Waals surface area (Å²) in [5, 5.41) is 0. The lowest BCUT2D eigenvalue weighted by molar-refractivity contribution is -0.00717. The Labute approximate surface area is 142 Å². The van der Waals surface area contributed by atoms with Gasteiger partial charge in [-0.25, -0.2) is 0 Å². The predicted octanol–water partition coefficient (Wildman–Crippen LogP) is 4.27. The normalized spacial score (nSPS) is 31.5. The number of nitrogens with zero attached hydrogens (tertiary/aromatic N) is 2. The minimum atomic E-state index is 0.750. The highest BCUT2D eigenvalue weighted by atomic mass is 79.9. The lowest BCUT2D eigenvalue weighted by Gasteiger charge is -2.49. The predicted molar refractivity (Wildman–Crippen MR) is 91.8 cm³/mol. The molecule has 0 radical (unpaired) electrons. The SMILES string of the molecule is Brc1ccc(CN2CCN3CCC[C@H]3[C@@H]2C2CCCCC2)o1. The van der Waals surface area contributed by atoms with Crippen LogP contribution in [0.15, 0.2) is 21.2 Å². The summed E-state index contributed by atoms with van der Waals surface area (Å²) in [5.74, 6) is 2.01. The molecule has 0 spiro atoms. The Kier molecular flexibility index (Phi) is 4.61. The molecular weight excluding hydrogens is 340 g/mol. The van der Waals surface area contributed by atoms with E-state index in [1.807, 2.05) is 6.07 Å². The molecule has 22 heavy (non-hydrogen) atoms. The minimum Gasteiger partial charge on any atom is -0.453 e. The molecule has 3 aliphatic rings. The largest absolute Gasteiger partial charge is 0.453 e. The molecule has 3 fully saturated rings. The third kappa shape index (κ3) is 3.02. The van der Waals surface area contributed by atoms with Crippen LogP contribution < -0.4 is 0 Å². The highest BCUT2D eigenvalue weighted by molar-refractivity contribution is 9.10. The lowest BCUT2D eigenvalue weighted by Crippen LogP contribution is -2.59. The summed E-state index contributed by atoms with van der Waals surface area (Å²) in [6.45, 7) is 4.76. The number of piperazine rings is 1. The van der Waals surface area contributed by atoms with E-state index in [2.05, 4.69) is 31.8 Å². The zero-order valence-corrected chi connectivity index (χ0v) is 14.9. The second kappa shape index (κ2) is 6.66. The van der Waals surface area contributed by atoms with Crippen LogP contribution in [0, 0.1) is 5.92 Å². The average Bonchev–Trinajstić information content (AvgIpc) is 3.17. The van der Waals surface area contributed by atoms with Crippen molar-refractivity contribution >= 4 is 15.9 Å². The van der Waals surface area contributed by atoms with Crippen molar-refractivity contribution in [1.29, 1.82) is 0 Å². The van der Waals surface area contributed by atoms with E-state index in [0.717, 1.165) is 35.0 Å². The molecule has 0 unspecified atom stereocenters. The molecule has 122 valence electrons. The van der Waals surface area contributed by atoms with Gasteiger partial charge in [-0.3, -0.25) is 9.80 Å². The first-order valence-corrected chi connectivity index (χ1v) is 9.83. The van der Waals surface area contributed by atoms with Gasteiger partial charge < -0.3 is 4.42 Å². The zero-order valence-electron chi connectivity index (χ0n) is 13.3. The van der Waals surface area contributed by atoms with Crippen molar-refractivity contribution in [3.8, 4) is 0 Å². The van der Waals surface area contributed by atoms with Gasteiger partial charge in [-0.2, -0.15) is 0 Å². The molecule has 2 aliphatic heterocycles. The van der Waals surface area contributed by atoms with Crippen molar-refractivity contribution in [1.82, 2.24) is 9.80 Å². The molecule has 1 aromatic rings. The summed E-state index contributed by atoms with van der Waals surface area (Å²) in [5.41, 5.74) is 0. The van der Waals surface area contributed by atoms with Crippen molar-refractivity contribution in [3.63, 3.8) is 0 Å². The maximum absolute atomic E-state index is 5.79. The van der Waals surface area contributed by atoms with Crippen LogP contribution in [0.25, 0.3) is 0 Å². The highest BCUT2D eigenvalue weighted by Crippen LogP contribution is 2.38. The van der Waals surface area contributed by atoms with Crippen LogP contribution >= 0.6 is 15.9 Å². The molecule has 4 heteroatoms. The number of furan rings is 1. The van der Waals surface area contributed by atoms with Gasteiger partial charge in [0.15, 0.2) is 4.67 Å². The van der Waals surface area contributed by atoms with Gasteiger partial charge in [-0.15, -0.1) is 0 Å². The van der Waals surface area contributed by atoms with Crippen molar-refractivity contribution in [2.75, 3.05) is 19.6 Å². The molecule has 1 aromatic heterocycles. The molecule has 0 bridgehead atoms. The molecule has 0 amide bonds. The second-order valence-electron chi connectivity index (χ2n) is 7.31. The number of halogens is 1. The molecule has 2 atom stereocenters. The van der Waals surface area contributed by atoms with Crippen LogP contribution in [0.1, 0.15) is 50.7 Å². The Balaban J connectivity index is 1.54. The van der Waals surface area contributed by atoms with Gasteiger partial charge in [-0.05, 0) is 66.2 Å². The van der Waals surface area contributed by atoms with Gasteiger partial charge >= 0.3 is 0 Å². The van der Waals surface area contributed by atoms with Gasteiger partial charge in [0, 0.05) is 25.2 Å². The Bertz CT molecular complexity index is 497. The van der Waals surface area contributed by atoms with Gasteiger partial charge in [0.25, 0.3) is 0 Å². The number of hydrogen-bond acceptors (Lipinski definition) is 3. The van der Waals surface area contributed by atoms with Crippen LogP contribution in [-0.2, 0) is 6.54 Å². The van der Waals surface area contributed by atoms with Crippen LogP contribution in [0.4, 0.5) is 0 Å². The first-order valence-electron chi connectivity index (χ1n) is 9.03. The molecule has 3 heterocycles. The van der Waals surface area contributed by atoms with Gasteiger partial charge in [0.1, 0.15) is 5.76 Å². The molecule has 0 aromatic carbocycles. The monoisotopic (exact) mass is 366 g/mol. The molecule has 3 nitrogen and oxygen atoms in total. The van der Waals surface area contributed by atoms with Gasteiger partial charge in [0.2, 0.25) is 0 Å². The van der Waals surface area contributed by atoms with E-state index < -0.39 is 0 Å². The molecule has 1 aliphatic carbocycles. The quantitative estimate of drug-likeness (QED) is 0.796. The van der Waals surface area contributed by atoms with Crippen molar-refractivity contribution in [3.05, 3.63) is 22.6 Å². The Morgan fingerprint density at radius 2 is 1.86 bits per heavy atom. The third-order valence-corrected chi connectivity index (χ3v) is 6.45. The summed E-state index contributed by atoms with van der Waals surface area (Å²) in [6, 6.07) is 5.70. The van der Waals surface area contributed by atoms with E-state index >= 15 is 0 Å². The molecule has 4 rings (SSSR count). The fraction of sp³-hybridized carbons (Fsp3) is 0.778. The number of hydrogen-bond donors (Lipinski definition) is 0. The smallest absolute Gasteiger partial charge is 0.169 e. The lowest BCUT2D eigenvalue weighted by atomic mass is 9.78. The second-order valence-corrected chi connectivity index (χ2v) is 8.09. The van der Waals surface area contributed by atoms with E-state index in [-0.39, 0.29) is 0 Å². The minimum absolute atomic E-state index is 0.750. The summed E-state index contributed by atoms with van der Waals surface area (Å²) in [6.07, 6.45) is 10.00. The fourth-order valence-electron chi connectivity index (χ4n) is 5.07. The molecule has 2 saturated heterocycles. The Morgan fingerprint density at radius 1 is 1.00 bits per heavy atom. The Hall–Kier alpha value is -0.320. The maximum Gasteiger partial charge on any atom is 0.169 e. The van der Waals surface area contributed by atoms with E-state index in [1.54, 1.807) is 0 Å². The van der Waals surface area contributed by atoms with Crippen LogP contribution in [0.3, 0.4) is 0 Å². The van der Waals surface area contributed by atoms with Crippen LogP contribution in [-0.4, -0.2) is 41.5 Å². The maximum atomic E-state index is 5.79. The van der Waals surface area contributed by atoms with E-state index in [1.165, 1.54) is 64.6 Å². The fourth-order valence-corrected chi connectivity index (χ4v) is 5.42. The third-order valence-electron chi connectivity index (χ3n) is 6.03. The van der Waals surface area contributed by atoms with Crippen molar-refractivity contribution < 1.29 is 4.42 Å². The topological polar surface area (TPSA) is 19.6 Å². The summed E-state index contributed by atoms with van der Waals surface area (Å²) in [7, 11) is 0. The first kappa shape index (κ1) is 15.2. The molecule has 1 saturated carbocycles. The van der Waals surface area contributed by atoms with E-state index in [4.69, 9.17) is 4.42 Å².